The van der Waals surface area contributed by atoms with E-state index >= 15 is 0 Å². The number of benzene rings is 1. The van der Waals surface area contributed by atoms with Crippen molar-refractivity contribution in [2.75, 3.05) is 19.8 Å². The fourth-order valence-electron chi connectivity index (χ4n) is 4.03. The Morgan fingerprint density at radius 3 is 2.40 bits per heavy atom. The van der Waals surface area contributed by atoms with Crippen molar-refractivity contribution in [1.29, 1.82) is 0 Å². The molecule has 3 rings (SSSR count). The zero-order valence-electron chi connectivity index (χ0n) is 15.1. The Hall–Kier alpha value is -0.950. The van der Waals surface area contributed by atoms with E-state index in [9.17, 15) is 8.42 Å². The van der Waals surface area contributed by atoms with E-state index in [4.69, 9.17) is 13.7 Å². The Balaban J connectivity index is 1.56. The Labute approximate surface area is 150 Å². The first-order valence-electron chi connectivity index (χ1n) is 9.11. The van der Waals surface area contributed by atoms with Gasteiger partial charge in [0.25, 0.3) is 10.1 Å². The van der Waals surface area contributed by atoms with E-state index in [2.05, 4.69) is 6.92 Å². The molecular weight excluding hydrogens is 340 g/mol. The van der Waals surface area contributed by atoms with E-state index in [0.29, 0.717) is 19.6 Å². The third-order valence-corrected chi connectivity index (χ3v) is 6.91. The smallest absolute Gasteiger partial charge is 0.296 e. The van der Waals surface area contributed by atoms with E-state index in [1.54, 1.807) is 24.3 Å². The average molecular weight is 368 g/mol. The first-order valence-corrected chi connectivity index (χ1v) is 10.5. The maximum Gasteiger partial charge on any atom is 0.296 e. The van der Waals surface area contributed by atoms with Crippen LogP contribution in [0.2, 0.25) is 0 Å². The predicted molar refractivity (Wildman–Crippen MR) is 94.8 cm³/mol. The summed E-state index contributed by atoms with van der Waals surface area (Å²) in [7, 11) is -3.69. The molecule has 1 atom stereocenters. The zero-order valence-corrected chi connectivity index (χ0v) is 15.9. The second kappa shape index (κ2) is 7.35. The number of hydrogen-bond acceptors (Lipinski definition) is 5. The predicted octanol–water partition coefficient (Wildman–Crippen LogP) is 3.80. The normalized spacial score (nSPS) is 26.2. The lowest BCUT2D eigenvalue weighted by Crippen LogP contribution is -2.50. The molecule has 1 spiro atoms. The molecule has 1 heterocycles. The molecule has 2 fully saturated rings. The van der Waals surface area contributed by atoms with E-state index in [0.717, 1.165) is 37.7 Å². The van der Waals surface area contributed by atoms with Crippen LogP contribution in [0.3, 0.4) is 0 Å². The van der Waals surface area contributed by atoms with Crippen molar-refractivity contribution >= 4 is 10.1 Å². The third kappa shape index (κ3) is 3.92. The van der Waals surface area contributed by atoms with Gasteiger partial charge in [-0.3, -0.25) is 4.18 Å². The van der Waals surface area contributed by atoms with Crippen LogP contribution in [0.5, 0.6) is 0 Å². The first kappa shape index (κ1) is 18.8. The molecule has 2 aliphatic rings. The molecule has 0 bridgehead atoms. The summed E-state index contributed by atoms with van der Waals surface area (Å²) in [5.41, 5.74) is 0.935. The van der Waals surface area contributed by atoms with E-state index < -0.39 is 15.9 Å². The second-order valence-electron chi connectivity index (χ2n) is 7.41. The van der Waals surface area contributed by atoms with E-state index in [1.807, 2.05) is 6.92 Å². The third-order valence-electron chi connectivity index (χ3n) is 5.58. The van der Waals surface area contributed by atoms with Crippen molar-refractivity contribution in [3.8, 4) is 0 Å². The molecule has 0 unspecified atom stereocenters. The average Bonchev–Trinajstić information content (AvgIpc) is 3.06. The van der Waals surface area contributed by atoms with Crippen molar-refractivity contribution in [3.05, 3.63) is 29.8 Å². The summed E-state index contributed by atoms with van der Waals surface area (Å²) in [6.45, 7) is 5.60. The van der Waals surface area contributed by atoms with Gasteiger partial charge in [0.2, 0.25) is 0 Å². The van der Waals surface area contributed by atoms with Gasteiger partial charge in [-0.15, -0.1) is 0 Å². The fraction of sp³-hybridized carbons (Fsp3) is 0.684. The van der Waals surface area contributed by atoms with Crippen molar-refractivity contribution in [1.82, 2.24) is 0 Å². The molecule has 0 radical (unpaired) electrons. The highest BCUT2D eigenvalue weighted by Gasteiger charge is 2.53. The Kier molecular flexibility index (Phi) is 5.54. The molecule has 1 aromatic carbocycles. The van der Waals surface area contributed by atoms with Gasteiger partial charge < -0.3 is 9.47 Å². The molecule has 5 nitrogen and oxygen atoms in total. The number of hydrogen-bond donors (Lipinski definition) is 0. The number of rotatable bonds is 6. The molecule has 0 aromatic heterocycles. The Morgan fingerprint density at radius 2 is 1.72 bits per heavy atom. The molecule has 1 saturated heterocycles. The molecular formula is C19H28O5S. The van der Waals surface area contributed by atoms with Crippen LogP contribution in [0, 0.1) is 12.3 Å². The van der Waals surface area contributed by atoms with Crippen LogP contribution < -0.4 is 0 Å². The minimum absolute atomic E-state index is 0.0846. The monoisotopic (exact) mass is 368 g/mol. The first-order chi connectivity index (χ1) is 11.9. The van der Waals surface area contributed by atoms with Gasteiger partial charge in [-0.2, -0.15) is 8.42 Å². The van der Waals surface area contributed by atoms with Gasteiger partial charge >= 0.3 is 0 Å². The van der Waals surface area contributed by atoms with Crippen molar-refractivity contribution in [2.45, 2.75) is 63.1 Å². The van der Waals surface area contributed by atoms with Crippen LogP contribution in [0.25, 0.3) is 0 Å². The van der Waals surface area contributed by atoms with Gasteiger partial charge in [-0.1, -0.05) is 31.0 Å². The highest BCUT2D eigenvalue weighted by molar-refractivity contribution is 7.86. The maximum atomic E-state index is 12.3. The summed E-state index contributed by atoms with van der Waals surface area (Å²) in [6, 6.07) is 6.72. The fourth-order valence-corrected chi connectivity index (χ4v) is 4.97. The highest BCUT2D eigenvalue weighted by Crippen LogP contribution is 2.51. The van der Waals surface area contributed by atoms with Gasteiger partial charge in [0.15, 0.2) is 5.79 Å². The molecule has 0 N–H and O–H groups in total. The quantitative estimate of drug-likeness (QED) is 0.564. The van der Waals surface area contributed by atoms with Gasteiger partial charge in [0, 0.05) is 11.8 Å². The summed E-state index contributed by atoms with van der Waals surface area (Å²) < 4.78 is 41.7. The molecule has 1 aliphatic carbocycles. The van der Waals surface area contributed by atoms with E-state index in [-0.39, 0.29) is 16.9 Å². The standard InChI is InChI=1S/C19H28O5S/c1-16-6-8-17(9-7-16)25(20,21)24-13-5-11-18(2)10-3-4-12-19(18)22-14-15-23-19/h6-9H,3-5,10-15H2,1-2H3/t18-/m0/s1. The van der Waals surface area contributed by atoms with Gasteiger partial charge in [-0.25, -0.2) is 0 Å². The van der Waals surface area contributed by atoms with Crippen molar-refractivity contribution in [2.24, 2.45) is 5.41 Å². The summed E-state index contributed by atoms with van der Waals surface area (Å²) in [5.74, 6) is -0.485. The lowest BCUT2D eigenvalue weighted by Gasteiger charge is -2.48. The van der Waals surface area contributed by atoms with Gasteiger partial charge in [-0.05, 0) is 44.7 Å². The zero-order chi connectivity index (χ0) is 18.0. The molecule has 1 aliphatic heterocycles. The van der Waals surface area contributed by atoms with Gasteiger partial charge in [0.1, 0.15) is 0 Å². The van der Waals surface area contributed by atoms with Crippen LogP contribution >= 0.6 is 0 Å². The van der Waals surface area contributed by atoms with E-state index in [1.165, 1.54) is 0 Å². The Bertz CT molecular complexity index is 676. The topological polar surface area (TPSA) is 61.8 Å². The summed E-state index contributed by atoms with van der Waals surface area (Å²) in [4.78, 5) is 0.209. The van der Waals surface area contributed by atoms with Crippen molar-refractivity contribution < 1.29 is 22.1 Å². The molecule has 1 saturated carbocycles. The SMILES string of the molecule is Cc1ccc(S(=O)(=O)OCCC[C@]2(C)CCCCC23OCCO3)cc1. The highest BCUT2D eigenvalue weighted by atomic mass is 32.2. The van der Waals surface area contributed by atoms with Crippen molar-refractivity contribution in [3.63, 3.8) is 0 Å². The molecule has 6 heteroatoms. The number of ether oxygens (including phenoxy) is 2. The van der Waals surface area contributed by atoms with Gasteiger partial charge in [0.05, 0.1) is 24.7 Å². The minimum Gasteiger partial charge on any atom is -0.347 e. The maximum absolute atomic E-state index is 12.3. The second-order valence-corrected chi connectivity index (χ2v) is 9.03. The largest absolute Gasteiger partial charge is 0.347 e. The molecule has 1 aromatic rings. The molecule has 0 amide bonds. The van der Waals surface area contributed by atoms with Crippen LogP contribution in [-0.2, 0) is 23.8 Å². The molecule has 25 heavy (non-hydrogen) atoms. The molecule has 140 valence electrons. The summed E-state index contributed by atoms with van der Waals surface area (Å²) >= 11 is 0. The lowest BCUT2D eigenvalue weighted by atomic mass is 9.68. The lowest BCUT2D eigenvalue weighted by molar-refractivity contribution is -0.253. The van der Waals surface area contributed by atoms with Crippen LogP contribution in [0.4, 0.5) is 0 Å². The van der Waals surface area contributed by atoms with Crippen LogP contribution in [0.15, 0.2) is 29.2 Å². The minimum atomic E-state index is -3.69. The Morgan fingerprint density at radius 1 is 1.08 bits per heavy atom. The number of aryl methyl sites for hydroxylation is 1. The van der Waals surface area contributed by atoms with Crippen LogP contribution in [-0.4, -0.2) is 34.0 Å². The summed E-state index contributed by atoms with van der Waals surface area (Å²) in [6.07, 6.45) is 5.73. The summed E-state index contributed by atoms with van der Waals surface area (Å²) in [5, 5.41) is 0. The van der Waals surface area contributed by atoms with Crippen LogP contribution in [0.1, 0.15) is 51.0 Å².